The Morgan fingerprint density at radius 2 is 2.25 bits per heavy atom. The maximum Gasteiger partial charge on any atom is 0.124 e. The van der Waals surface area contributed by atoms with E-state index in [1.165, 1.54) is 12.8 Å². The number of hydrogen-bond acceptors (Lipinski definition) is 3. The lowest BCUT2D eigenvalue weighted by Gasteiger charge is -2.14. The van der Waals surface area contributed by atoms with E-state index >= 15 is 0 Å². The zero-order valence-electron chi connectivity index (χ0n) is 10.4. The number of hydrogen-bond donors (Lipinski definition) is 0. The summed E-state index contributed by atoms with van der Waals surface area (Å²) in [5.74, 6) is 0. The largest absolute Gasteiger partial charge is 0.378 e. The van der Waals surface area contributed by atoms with Crippen molar-refractivity contribution < 1.29 is 9.26 Å². The molecule has 16 heavy (non-hydrogen) atoms. The molecule has 0 aliphatic rings. The molecular weight excluding hydrogens is 202 g/mol. The Labute approximate surface area is 98.2 Å². The Kier molecular flexibility index (Phi) is 6.90. The minimum absolute atomic E-state index is 0.456. The van der Waals surface area contributed by atoms with Gasteiger partial charge in [0.2, 0.25) is 0 Å². The highest BCUT2D eigenvalue weighted by molar-refractivity contribution is 4.94. The fraction of sp³-hybridized carbons (Fsp3) is 0.769. The summed E-state index contributed by atoms with van der Waals surface area (Å²) in [5.41, 5.74) is 1.04. The van der Waals surface area contributed by atoms with Crippen LogP contribution in [0.5, 0.6) is 0 Å². The second-order valence-corrected chi connectivity index (χ2v) is 4.14. The molecule has 0 spiro atoms. The SMILES string of the molecule is CCCC(CC)OCCCCc1ccon1. The Balaban J connectivity index is 1.98. The van der Waals surface area contributed by atoms with Crippen molar-refractivity contribution >= 4 is 0 Å². The highest BCUT2D eigenvalue weighted by Gasteiger charge is 2.04. The molecular formula is C13H23NO2. The van der Waals surface area contributed by atoms with E-state index in [1.807, 2.05) is 6.07 Å². The summed E-state index contributed by atoms with van der Waals surface area (Å²) >= 11 is 0. The van der Waals surface area contributed by atoms with Crippen molar-refractivity contribution in [1.82, 2.24) is 5.16 Å². The van der Waals surface area contributed by atoms with Crippen LogP contribution in [-0.4, -0.2) is 17.9 Å². The molecule has 0 aromatic carbocycles. The Bertz CT molecular complexity index is 246. The lowest BCUT2D eigenvalue weighted by Crippen LogP contribution is -2.12. The van der Waals surface area contributed by atoms with Gasteiger partial charge in [-0.15, -0.1) is 0 Å². The summed E-state index contributed by atoms with van der Waals surface area (Å²) in [6, 6.07) is 1.92. The minimum Gasteiger partial charge on any atom is -0.378 e. The Morgan fingerprint density at radius 1 is 1.38 bits per heavy atom. The first-order valence-electron chi connectivity index (χ1n) is 6.37. The molecule has 0 aliphatic carbocycles. The third kappa shape index (κ3) is 5.31. The second-order valence-electron chi connectivity index (χ2n) is 4.14. The van der Waals surface area contributed by atoms with Crippen molar-refractivity contribution in [3.63, 3.8) is 0 Å². The predicted molar refractivity (Wildman–Crippen MR) is 64.4 cm³/mol. The standard InChI is InChI=1S/C13H23NO2/c1-3-7-13(4-2)15-10-6-5-8-12-9-11-16-14-12/h9,11,13H,3-8,10H2,1-2H3. The quantitative estimate of drug-likeness (QED) is 0.602. The Hall–Kier alpha value is -0.830. The van der Waals surface area contributed by atoms with Gasteiger partial charge in [0.25, 0.3) is 0 Å². The average molecular weight is 225 g/mol. The first-order chi connectivity index (χ1) is 7.86. The van der Waals surface area contributed by atoms with E-state index in [0.717, 1.165) is 38.0 Å². The van der Waals surface area contributed by atoms with Crippen LogP contribution in [-0.2, 0) is 11.2 Å². The van der Waals surface area contributed by atoms with E-state index in [9.17, 15) is 0 Å². The van der Waals surface area contributed by atoms with E-state index in [-0.39, 0.29) is 0 Å². The zero-order chi connectivity index (χ0) is 11.6. The van der Waals surface area contributed by atoms with E-state index in [0.29, 0.717) is 6.10 Å². The fourth-order valence-electron chi connectivity index (χ4n) is 1.75. The molecule has 1 atom stereocenters. The molecule has 0 amide bonds. The van der Waals surface area contributed by atoms with Crippen LogP contribution in [0.1, 0.15) is 51.6 Å². The molecule has 1 aromatic rings. The van der Waals surface area contributed by atoms with Gasteiger partial charge in [-0.25, -0.2) is 0 Å². The van der Waals surface area contributed by atoms with Crippen molar-refractivity contribution in [3.05, 3.63) is 18.0 Å². The first-order valence-corrected chi connectivity index (χ1v) is 6.37. The number of rotatable bonds is 9. The van der Waals surface area contributed by atoms with Crippen LogP contribution in [0.4, 0.5) is 0 Å². The average Bonchev–Trinajstić information content (AvgIpc) is 2.80. The summed E-state index contributed by atoms with van der Waals surface area (Å²) in [7, 11) is 0. The Morgan fingerprint density at radius 3 is 2.88 bits per heavy atom. The van der Waals surface area contributed by atoms with E-state index in [2.05, 4.69) is 19.0 Å². The minimum atomic E-state index is 0.456. The molecule has 92 valence electrons. The summed E-state index contributed by atoms with van der Waals surface area (Å²) in [6.07, 6.45) is 8.80. The van der Waals surface area contributed by atoms with Gasteiger partial charge in [0.1, 0.15) is 6.26 Å². The van der Waals surface area contributed by atoms with Crippen molar-refractivity contribution in [1.29, 1.82) is 0 Å². The molecule has 0 radical (unpaired) electrons. The molecule has 3 nitrogen and oxygen atoms in total. The lowest BCUT2D eigenvalue weighted by molar-refractivity contribution is 0.0422. The van der Waals surface area contributed by atoms with Crippen LogP contribution in [0.2, 0.25) is 0 Å². The van der Waals surface area contributed by atoms with E-state index in [1.54, 1.807) is 6.26 Å². The molecule has 1 unspecified atom stereocenters. The predicted octanol–water partition coefficient (Wildman–Crippen LogP) is 3.59. The molecule has 0 aliphatic heterocycles. The van der Waals surface area contributed by atoms with Gasteiger partial charge in [-0.05, 0) is 32.1 Å². The molecule has 3 heteroatoms. The van der Waals surface area contributed by atoms with Gasteiger partial charge in [0.05, 0.1) is 11.8 Å². The summed E-state index contributed by atoms with van der Waals surface area (Å²) in [4.78, 5) is 0. The van der Waals surface area contributed by atoms with Crippen molar-refractivity contribution in [3.8, 4) is 0 Å². The molecule has 0 N–H and O–H groups in total. The molecule has 0 bridgehead atoms. The fourth-order valence-corrected chi connectivity index (χ4v) is 1.75. The third-order valence-electron chi connectivity index (χ3n) is 2.74. The van der Waals surface area contributed by atoms with E-state index in [4.69, 9.17) is 9.26 Å². The molecule has 0 saturated heterocycles. The molecule has 1 rings (SSSR count). The molecule has 1 aromatic heterocycles. The normalized spacial score (nSPS) is 12.9. The number of nitrogens with zero attached hydrogens (tertiary/aromatic N) is 1. The maximum absolute atomic E-state index is 5.81. The smallest absolute Gasteiger partial charge is 0.124 e. The molecule has 0 fully saturated rings. The summed E-state index contributed by atoms with van der Waals surface area (Å²) in [5, 5.41) is 3.88. The van der Waals surface area contributed by atoms with Crippen LogP contribution >= 0.6 is 0 Å². The van der Waals surface area contributed by atoms with E-state index < -0.39 is 0 Å². The first kappa shape index (κ1) is 13.2. The van der Waals surface area contributed by atoms with Crippen molar-refractivity contribution in [2.45, 2.75) is 58.5 Å². The van der Waals surface area contributed by atoms with Crippen molar-refractivity contribution in [2.75, 3.05) is 6.61 Å². The number of unbranched alkanes of at least 4 members (excludes halogenated alkanes) is 1. The van der Waals surface area contributed by atoms with Gasteiger partial charge in [0, 0.05) is 12.7 Å². The van der Waals surface area contributed by atoms with Gasteiger partial charge in [0.15, 0.2) is 0 Å². The summed E-state index contributed by atoms with van der Waals surface area (Å²) in [6.45, 7) is 5.27. The highest BCUT2D eigenvalue weighted by Crippen LogP contribution is 2.08. The topological polar surface area (TPSA) is 35.3 Å². The maximum atomic E-state index is 5.81. The van der Waals surface area contributed by atoms with Crippen LogP contribution < -0.4 is 0 Å². The molecule has 0 saturated carbocycles. The lowest BCUT2D eigenvalue weighted by atomic mass is 10.1. The number of aromatic nitrogens is 1. The third-order valence-corrected chi connectivity index (χ3v) is 2.74. The zero-order valence-corrected chi connectivity index (χ0v) is 10.4. The van der Waals surface area contributed by atoms with Gasteiger partial charge in [-0.3, -0.25) is 0 Å². The summed E-state index contributed by atoms with van der Waals surface area (Å²) < 4.78 is 10.6. The van der Waals surface area contributed by atoms with Crippen LogP contribution in [0.25, 0.3) is 0 Å². The van der Waals surface area contributed by atoms with Crippen LogP contribution in [0.15, 0.2) is 16.9 Å². The van der Waals surface area contributed by atoms with Crippen LogP contribution in [0, 0.1) is 0 Å². The number of ether oxygens (including phenoxy) is 1. The van der Waals surface area contributed by atoms with Gasteiger partial charge < -0.3 is 9.26 Å². The monoisotopic (exact) mass is 225 g/mol. The highest BCUT2D eigenvalue weighted by atomic mass is 16.5. The van der Waals surface area contributed by atoms with Gasteiger partial charge >= 0.3 is 0 Å². The van der Waals surface area contributed by atoms with Crippen LogP contribution in [0.3, 0.4) is 0 Å². The van der Waals surface area contributed by atoms with Crippen molar-refractivity contribution in [2.24, 2.45) is 0 Å². The van der Waals surface area contributed by atoms with Gasteiger partial charge in [-0.2, -0.15) is 0 Å². The van der Waals surface area contributed by atoms with Gasteiger partial charge in [-0.1, -0.05) is 25.4 Å². The molecule has 1 heterocycles. The number of aryl methyl sites for hydroxylation is 1. The second kappa shape index (κ2) is 8.34.